The van der Waals surface area contributed by atoms with Crippen LogP contribution in [0.3, 0.4) is 0 Å². The highest BCUT2D eigenvalue weighted by Crippen LogP contribution is 2.42. The van der Waals surface area contributed by atoms with E-state index in [2.05, 4.69) is 55.6 Å². The molecule has 0 aromatic carbocycles. The maximum Gasteiger partial charge on any atom is 0.472 e. The van der Waals surface area contributed by atoms with Gasteiger partial charge < -0.3 is 20.1 Å². The van der Waals surface area contributed by atoms with E-state index < -0.39 is 26.5 Å². The molecule has 0 aliphatic heterocycles. The molecule has 1 amide bonds. The van der Waals surface area contributed by atoms with Crippen molar-refractivity contribution in [3.05, 3.63) is 36.5 Å². The van der Waals surface area contributed by atoms with Crippen molar-refractivity contribution < 1.29 is 37.9 Å². The van der Waals surface area contributed by atoms with Crippen molar-refractivity contribution in [1.82, 2.24) is 5.32 Å². The number of aliphatic hydroxyl groups excluding tert-OH is 1. The Kier molecular flexibility index (Phi) is 27.1. The molecule has 0 aromatic rings. The summed E-state index contributed by atoms with van der Waals surface area (Å²) in [5, 5.41) is 12.5. The van der Waals surface area contributed by atoms with Crippen molar-refractivity contribution in [2.75, 3.05) is 26.4 Å². The van der Waals surface area contributed by atoms with Crippen molar-refractivity contribution in [1.29, 1.82) is 0 Å². The van der Waals surface area contributed by atoms with Gasteiger partial charge in [0.05, 0.1) is 13.2 Å². The number of carbonyl (C=O) groups is 2. The number of phosphoric ester groups is 1. The third-order valence-electron chi connectivity index (χ3n) is 6.08. The molecule has 0 aliphatic carbocycles. The largest absolute Gasteiger partial charge is 0.472 e. The van der Waals surface area contributed by atoms with Gasteiger partial charge in [0.2, 0.25) is 5.91 Å². The molecule has 41 heavy (non-hydrogen) atoms. The zero-order valence-corrected chi connectivity index (χ0v) is 26.4. The Morgan fingerprint density at radius 3 is 2.10 bits per heavy atom. The first-order chi connectivity index (χ1) is 19.8. The second-order valence-electron chi connectivity index (χ2n) is 10.0. The third-order valence-corrected chi connectivity index (χ3v) is 7.07. The highest BCUT2D eigenvalue weighted by atomic mass is 31.2. The molecule has 0 aliphatic rings. The van der Waals surface area contributed by atoms with E-state index in [1.807, 2.05) is 0 Å². The molecule has 0 heterocycles. The summed E-state index contributed by atoms with van der Waals surface area (Å²) < 4.78 is 26.5. The lowest BCUT2D eigenvalue weighted by Gasteiger charge is -2.15. The van der Waals surface area contributed by atoms with Crippen LogP contribution in [0, 0.1) is 0 Å². The van der Waals surface area contributed by atoms with Crippen LogP contribution in [0.25, 0.3) is 0 Å². The second kappa shape index (κ2) is 28.4. The van der Waals surface area contributed by atoms with Crippen molar-refractivity contribution in [3.63, 3.8) is 0 Å². The molecule has 238 valence electrons. The lowest BCUT2D eigenvalue weighted by Crippen LogP contribution is -2.27. The monoisotopic (exact) mass is 601 g/mol. The first kappa shape index (κ1) is 39.2. The van der Waals surface area contributed by atoms with Gasteiger partial charge in [-0.05, 0) is 44.9 Å². The van der Waals surface area contributed by atoms with Crippen LogP contribution in [-0.2, 0) is 27.9 Å². The Labute approximate surface area is 248 Å². The van der Waals surface area contributed by atoms with Crippen LogP contribution in [0.2, 0.25) is 0 Å². The van der Waals surface area contributed by atoms with Gasteiger partial charge >= 0.3 is 13.8 Å². The van der Waals surface area contributed by atoms with Gasteiger partial charge in [0.15, 0.2) is 0 Å². The first-order valence-electron chi connectivity index (χ1n) is 15.5. The normalized spacial score (nSPS) is 14.1. The molecular weight excluding hydrogens is 545 g/mol. The molecule has 0 saturated carbocycles. The SMILES string of the molecule is CC/C=C\C/C=C\C/C=C\CCCCCCCC(=O)OCC(O)COP(=O)(O)OCCNC(=O)CCCCCCC. The number of esters is 1. The van der Waals surface area contributed by atoms with Gasteiger partial charge in [-0.25, -0.2) is 4.57 Å². The Morgan fingerprint density at radius 2 is 1.39 bits per heavy atom. The molecule has 0 saturated heterocycles. The van der Waals surface area contributed by atoms with Crippen molar-refractivity contribution in [3.8, 4) is 0 Å². The standard InChI is InChI=1S/C31H56NO8P/c1-3-5-7-9-10-11-12-13-14-15-16-17-18-20-22-24-31(35)38-27-29(33)28-40-41(36,37)39-26-25-32-30(34)23-21-19-8-6-4-2/h5,7,10-11,13-14,29,33H,3-4,6,8-9,12,15-28H2,1-2H3,(H,32,34)(H,36,37)/b7-5-,11-10-,14-13-. The summed E-state index contributed by atoms with van der Waals surface area (Å²) in [6.45, 7) is 3.29. The quantitative estimate of drug-likeness (QED) is 0.0375. The van der Waals surface area contributed by atoms with Crippen LogP contribution in [0.4, 0.5) is 0 Å². The predicted molar refractivity (Wildman–Crippen MR) is 164 cm³/mol. The average Bonchev–Trinajstić information content (AvgIpc) is 2.95. The molecule has 0 rings (SSSR count). The van der Waals surface area contributed by atoms with Gasteiger partial charge in [0.1, 0.15) is 12.7 Å². The van der Waals surface area contributed by atoms with Crippen molar-refractivity contribution >= 4 is 19.7 Å². The first-order valence-corrected chi connectivity index (χ1v) is 17.0. The number of nitrogens with one attached hydrogen (secondary N) is 1. The molecule has 10 heteroatoms. The Bertz CT molecular complexity index is 784. The summed E-state index contributed by atoms with van der Waals surface area (Å²) in [7, 11) is -4.39. The van der Waals surface area contributed by atoms with Gasteiger partial charge in [-0.3, -0.25) is 18.6 Å². The molecule has 9 nitrogen and oxygen atoms in total. The summed E-state index contributed by atoms with van der Waals surface area (Å²) in [5.74, 6) is -0.552. The van der Waals surface area contributed by atoms with E-state index in [0.29, 0.717) is 12.8 Å². The number of carbonyl (C=O) groups excluding carboxylic acids is 2. The number of aliphatic hydroxyl groups is 1. The lowest BCUT2D eigenvalue weighted by molar-refractivity contribution is -0.147. The number of rotatable bonds is 28. The minimum absolute atomic E-state index is 0.0777. The summed E-state index contributed by atoms with van der Waals surface area (Å²) in [6, 6.07) is 0. The molecule has 2 unspecified atom stereocenters. The number of allylic oxidation sites excluding steroid dienone is 6. The van der Waals surface area contributed by atoms with Crippen LogP contribution >= 0.6 is 7.82 Å². The summed E-state index contributed by atoms with van der Waals surface area (Å²) in [4.78, 5) is 33.3. The van der Waals surface area contributed by atoms with E-state index in [-0.39, 0.29) is 32.1 Å². The van der Waals surface area contributed by atoms with Gasteiger partial charge in [-0.2, -0.15) is 0 Å². The molecule has 0 fully saturated rings. The second-order valence-corrected chi connectivity index (χ2v) is 11.5. The average molecular weight is 602 g/mol. The predicted octanol–water partition coefficient (Wildman–Crippen LogP) is 7.09. The van der Waals surface area contributed by atoms with Crippen LogP contribution in [-0.4, -0.2) is 54.3 Å². The molecule has 0 bridgehead atoms. The Morgan fingerprint density at radius 1 is 0.780 bits per heavy atom. The Balaban J connectivity index is 3.69. The van der Waals surface area contributed by atoms with Gasteiger partial charge in [0.25, 0.3) is 0 Å². The van der Waals surface area contributed by atoms with Gasteiger partial charge in [-0.15, -0.1) is 0 Å². The zero-order chi connectivity index (χ0) is 30.4. The topological polar surface area (TPSA) is 131 Å². The number of hydrogen-bond acceptors (Lipinski definition) is 7. The van der Waals surface area contributed by atoms with E-state index in [1.165, 1.54) is 0 Å². The fourth-order valence-electron chi connectivity index (χ4n) is 3.74. The van der Waals surface area contributed by atoms with E-state index >= 15 is 0 Å². The number of hydrogen-bond donors (Lipinski definition) is 3. The molecule has 0 aromatic heterocycles. The lowest BCUT2D eigenvalue weighted by atomic mass is 10.1. The van der Waals surface area contributed by atoms with E-state index in [1.54, 1.807) is 0 Å². The maximum absolute atomic E-state index is 11.9. The minimum Gasteiger partial charge on any atom is -0.463 e. The van der Waals surface area contributed by atoms with Crippen LogP contribution in [0.1, 0.15) is 117 Å². The molecule has 3 N–H and O–H groups in total. The number of phosphoric acid groups is 1. The van der Waals surface area contributed by atoms with Gasteiger partial charge in [0, 0.05) is 19.4 Å². The molecule has 0 spiro atoms. The molecule has 0 radical (unpaired) electrons. The number of unbranched alkanes of at least 4 members (excludes halogenated alkanes) is 9. The number of amides is 1. The summed E-state index contributed by atoms with van der Waals surface area (Å²) in [6.07, 6.45) is 26.8. The van der Waals surface area contributed by atoms with Gasteiger partial charge in [-0.1, -0.05) is 95.2 Å². The zero-order valence-electron chi connectivity index (χ0n) is 25.5. The van der Waals surface area contributed by atoms with Crippen LogP contribution in [0.5, 0.6) is 0 Å². The minimum atomic E-state index is -4.39. The number of ether oxygens (including phenoxy) is 1. The van der Waals surface area contributed by atoms with Crippen LogP contribution in [0.15, 0.2) is 36.5 Å². The van der Waals surface area contributed by atoms with E-state index in [9.17, 15) is 24.2 Å². The van der Waals surface area contributed by atoms with Crippen molar-refractivity contribution in [2.45, 2.75) is 123 Å². The van der Waals surface area contributed by atoms with E-state index in [4.69, 9.17) is 13.8 Å². The van der Waals surface area contributed by atoms with Crippen LogP contribution < -0.4 is 5.32 Å². The molecular formula is C31H56NO8P. The summed E-state index contributed by atoms with van der Waals surface area (Å²) in [5.41, 5.74) is 0. The van der Waals surface area contributed by atoms with E-state index in [0.717, 1.165) is 83.5 Å². The fraction of sp³-hybridized carbons (Fsp3) is 0.742. The van der Waals surface area contributed by atoms with Crippen molar-refractivity contribution in [2.24, 2.45) is 0 Å². The fourth-order valence-corrected chi connectivity index (χ4v) is 4.50. The highest BCUT2D eigenvalue weighted by Gasteiger charge is 2.23. The maximum atomic E-state index is 11.9. The highest BCUT2D eigenvalue weighted by molar-refractivity contribution is 7.47. The smallest absolute Gasteiger partial charge is 0.463 e. The third kappa shape index (κ3) is 29.5. The Hall–Kier alpha value is -1.77. The molecule has 2 atom stereocenters. The summed E-state index contributed by atoms with van der Waals surface area (Å²) >= 11 is 0.